The van der Waals surface area contributed by atoms with Gasteiger partial charge in [-0.1, -0.05) is 18.2 Å². The van der Waals surface area contributed by atoms with Gasteiger partial charge in [0.25, 0.3) is 0 Å². The first-order valence-electron chi connectivity index (χ1n) is 16.0. The number of amidine groups is 1. The largest absolute Gasteiger partial charge is 0.379 e. The second-order valence-corrected chi connectivity index (χ2v) is 12.7. The van der Waals surface area contributed by atoms with Gasteiger partial charge in [-0.15, -0.1) is 23.7 Å². The lowest BCUT2D eigenvalue weighted by atomic mass is 10.2. The van der Waals surface area contributed by atoms with E-state index in [4.69, 9.17) is 14.5 Å². The van der Waals surface area contributed by atoms with Crippen molar-refractivity contribution in [2.24, 2.45) is 4.99 Å². The van der Waals surface area contributed by atoms with E-state index in [1.165, 1.54) is 21.8 Å². The maximum atomic E-state index is 5.50. The summed E-state index contributed by atoms with van der Waals surface area (Å²) < 4.78 is 15.8. The zero-order valence-corrected chi connectivity index (χ0v) is 27.4. The predicted octanol–water partition coefficient (Wildman–Crippen LogP) is 6.71. The first kappa shape index (κ1) is 31.8. The van der Waals surface area contributed by atoms with Crippen LogP contribution in [0.4, 0.5) is 11.4 Å². The van der Waals surface area contributed by atoms with Gasteiger partial charge in [-0.25, -0.2) is 4.99 Å². The van der Waals surface area contributed by atoms with E-state index < -0.39 is 0 Å². The fraction of sp³-hybridized carbons (Fsp3) is 0.400. The summed E-state index contributed by atoms with van der Waals surface area (Å²) in [5, 5.41) is 8.30. The molecule has 2 aliphatic heterocycles. The second-order valence-electron chi connectivity index (χ2n) is 11.7. The third kappa shape index (κ3) is 7.98. The van der Waals surface area contributed by atoms with Crippen LogP contribution in [0.1, 0.15) is 17.7 Å². The van der Waals surface area contributed by atoms with Gasteiger partial charge in [0.1, 0.15) is 5.84 Å². The molecule has 1 N–H and O–H groups in total. The minimum absolute atomic E-state index is 0. The lowest BCUT2D eigenvalue weighted by Crippen LogP contribution is -2.37. The SMILES string of the molecule is Cl.c1csc(C(=Nc2ccc3ccn(CCCN4CCOCC4)c3c2)Nc2ccc3ccn(CCCN4CCOCC4)c3c2)c1. The molecule has 45 heavy (non-hydrogen) atoms. The third-order valence-electron chi connectivity index (χ3n) is 8.74. The lowest BCUT2D eigenvalue weighted by Gasteiger charge is -2.26. The van der Waals surface area contributed by atoms with Gasteiger partial charge in [0, 0.05) is 70.4 Å². The van der Waals surface area contributed by atoms with Crippen LogP contribution in [0.5, 0.6) is 0 Å². The molecule has 8 nitrogen and oxygen atoms in total. The van der Waals surface area contributed by atoms with Gasteiger partial charge in [-0.2, -0.15) is 0 Å². The first-order chi connectivity index (χ1) is 21.8. The van der Waals surface area contributed by atoms with E-state index in [9.17, 15) is 0 Å². The van der Waals surface area contributed by atoms with Crippen molar-refractivity contribution in [1.29, 1.82) is 0 Å². The van der Waals surface area contributed by atoms with Crippen LogP contribution in [-0.4, -0.2) is 90.5 Å². The number of ether oxygens (including phenoxy) is 2. The van der Waals surface area contributed by atoms with Crippen molar-refractivity contribution >= 4 is 62.8 Å². The Morgan fingerprint density at radius 2 is 1.31 bits per heavy atom. The van der Waals surface area contributed by atoms with Crippen molar-refractivity contribution in [3.05, 3.63) is 83.3 Å². The topological polar surface area (TPSA) is 59.2 Å². The van der Waals surface area contributed by atoms with Gasteiger partial charge in [-0.3, -0.25) is 9.80 Å². The highest BCUT2D eigenvalue weighted by molar-refractivity contribution is 7.12. The molecule has 0 bridgehead atoms. The van der Waals surface area contributed by atoms with E-state index in [0.29, 0.717) is 0 Å². The van der Waals surface area contributed by atoms with Crippen molar-refractivity contribution in [1.82, 2.24) is 18.9 Å². The molecule has 0 spiro atoms. The molecule has 3 aromatic heterocycles. The van der Waals surface area contributed by atoms with E-state index in [-0.39, 0.29) is 12.4 Å². The van der Waals surface area contributed by atoms with Crippen LogP contribution in [-0.2, 0) is 22.6 Å². The quantitative estimate of drug-likeness (QED) is 0.128. The van der Waals surface area contributed by atoms with Crippen LogP contribution >= 0.6 is 23.7 Å². The Labute approximate surface area is 275 Å². The van der Waals surface area contributed by atoms with Gasteiger partial charge in [0.05, 0.1) is 48.0 Å². The summed E-state index contributed by atoms with van der Waals surface area (Å²) in [6.07, 6.45) is 6.67. The molecule has 7 rings (SSSR count). The summed E-state index contributed by atoms with van der Waals surface area (Å²) in [6.45, 7) is 11.8. The molecule has 2 aromatic carbocycles. The molecule has 10 heteroatoms. The second kappa shape index (κ2) is 15.4. The van der Waals surface area contributed by atoms with Crippen LogP contribution in [0.15, 0.2) is 83.4 Å². The van der Waals surface area contributed by atoms with Crippen molar-refractivity contribution in [3.8, 4) is 0 Å². The number of nitrogens with one attached hydrogen (secondary N) is 1. The van der Waals surface area contributed by atoms with E-state index in [0.717, 1.165) is 114 Å². The normalized spacial score (nSPS) is 16.8. The molecule has 2 aliphatic rings. The zero-order chi connectivity index (χ0) is 29.6. The zero-order valence-electron chi connectivity index (χ0n) is 25.8. The van der Waals surface area contributed by atoms with E-state index in [2.05, 4.69) is 103 Å². The number of benzene rings is 2. The fourth-order valence-electron chi connectivity index (χ4n) is 6.30. The Kier molecular flexibility index (Phi) is 10.9. The highest BCUT2D eigenvalue weighted by atomic mass is 35.5. The number of aromatic nitrogens is 2. The lowest BCUT2D eigenvalue weighted by molar-refractivity contribution is 0.0369. The molecule has 0 saturated carbocycles. The third-order valence-corrected chi connectivity index (χ3v) is 9.62. The van der Waals surface area contributed by atoms with Gasteiger partial charge >= 0.3 is 0 Å². The summed E-state index contributed by atoms with van der Waals surface area (Å²) in [6, 6.07) is 21.8. The van der Waals surface area contributed by atoms with Crippen LogP contribution in [0, 0.1) is 0 Å². The Bertz CT molecular complexity index is 1690. The Morgan fingerprint density at radius 1 is 0.711 bits per heavy atom. The molecule has 2 saturated heterocycles. The van der Waals surface area contributed by atoms with Gasteiger partial charge in [0.2, 0.25) is 0 Å². The Hall–Kier alpha value is -3.18. The number of fused-ring (bicyclic) bond motifs is 2. The molecule has 2 fully saturated rings. The summed E-state index contributed by atoms with van der Waals surface area (Å²) in [5.74, 6) is 0.870. The molecule has 5 heterocycles. The predicted molar refractivity (Wildman–Crippen MR) is 189 cm³/mol. The Morgan fingerprint density at radius 3 is 1.91 bits per heavy atom. The fourth-order valence-corrected chi connectivity index (χ4v) is 6.97. The maximum Gasteiger partial charge on any atom is 0.148 e. The maximum absolute atomic E-state index is 5.50. The van der Waals surface area contributed by atoms with Crippen molar-refractivity contribution in [2.75, 3.05) is 71.0 Å². The monoisotopic (exact) mass is 646 g/mol. The van der Waals surface area contributed by atoms with Crippen LogP contribution in [0.25, 0.3) is 21.8 Å². The van der Waals surface area contributed by atoms with E-state index in [1.807, 2.05) is 0 Å². The average molecular weight is 647 g/mol. The average Bonchev–Trinajstić information content (AvgIpc) is 3.83. The van der Waals surface area contributed by atoms with E-state index in [1.54, 1.807) is 11.3 Å². The smallest absolute Gasteiger partial charge is 0.148 e. The van der Waals surface area contributed by atoms with Crippen molar-refractivity contribution in [2.45, 2.75) is 25.9 Å². The summed E-state index contributed by atoms with van der Waals surface area (Å²) in [7, 11) is 0. The summed E-state index contributed by atoms with van der Waals surface area (Å²) >= 11 is 1.70. The number of nitrogens with zero attached hydrogens (tertiary/aromatic N) is 5. The number of hydrogen-bond donors (Lipinski definition) is 1. The number of hydrogen-bond acceptors (Lipinski definition) is 6. The minimum Gasteiger partial charge on any atom is -0.379 e. The van der Waals surface area contributed by atoms with Crippen molar-refractivity contribution in [3.63, 3.8) is 0 Å². The van der Waals surface area contributed by atoms with Crippen LogP contribution in [0.3, 0.4) is 0 Å². The molecule has 0 amide bonds. The number of aliphatic imine (C=N–C) groups is 1. The highest BCUT2D eigenvalue weighted by Crippen LogP contribution is 2.26. The minimum atomic E-state index is 0. The number of rotatable bonds is 11. The molecule has 0 atom stereocenters. The molecule has 5 aromatic rings. The summed E-state index contributed by atoms with van der Waals surface area (Å²) in [4.78, 5) is 11.3. The Balaban J connectivity index is 0.00000357. The van der Waals surface area contributed by atoms with Gasteiger partial charge < -0.3 is 23.9 Å². The van der Waals surface area contributed by atoms with Gasteiger partial charge in [-0.05, 0) is 71.5 Å². The molecule has 0 aliphatic carbocycles. The molecule has 0 unspecified atom stereocenters. The van der Waals surface area contributed by atoms with Crippen molar-refractivity contribution < 1.29 is 9.47 Å². The molecule has 238 valence electrons. The highest BCUT2D eigenvalue weighted by Gasteiger charge is 2.13. The first-order valence-corrected chi connectivity index (χ1v) is 16.8. The number of aryl methyl sites for hydroxylation is 2. The number of halogens is 1. The number of morpholine rings is 2. The molecular weight excluding hydrogens is 604 g/mol. The van der Waals surface area contributed by atoms with Crippen LogP contribution < -0.4 is 5.32 Å². The number of thiophene rings is 1. The summed E-state index contributed by atoms with van der Waals surface area (Å²) in [5.41, 5.74) is 4.48. The molecule has 0 radical (unpaired) electrons. The number of anilines is 1. The van der Waals surface area contributed by atoms with E-state index >= 15 is 0 Å². The standard InChI is InChI=1S/C35H42N6O2S.ClH/c1-4-34(44-25-1)35(36-30-7-5-28-9-15-40(32(28)26-30)13-2-11-38-17-21-42-22-18-38)37-31-8-6-29-10-16-41(33(29)27-31)14-3-12-39-19-23-43-24-20-39;/h1,4-10,15-16,25-27H,2-3,11-14,17-24H2,(H,36,37);1H. The van der Waals surface area contributed by atoms with Gasteiger partial charge in [0.15, 0.2) is 0 Å². The molecular formula is C35H43ClN6O2S. The van der Waals surface area contributed by atoms with Crippen LogP contribution in [0.2, 0.25) is 0 Å².